The van der Waals surface area contributed by atoms with Gasteiger partial charge in [-0.25, -0.2) is 9.97 Å². The number of fused-ring (bicyclic) bond motifs is 2. The van der Waals surface area contributed by atoms with Crippen LogP contribution >= 0.6 is 0 Å². The Morgan fingerprint density at radius 3 is 1.60 bits per heavy atom. The Bertz CT molecular complexity index is 2750. The van der Waals surface area contributed by atoms with Crippen LogP contribution < -0.4 is 37.3 Å². The molecule has 0 aliphatic carbocycles. The summed E-state index contributed by atoms with van der Waals surface area (Å²) in [6.07, 6.45) is 4.45. The topological polar surface area (TPSA) is 267 Å². The van der Waals surface area contributed by atoms with Crippen LogP contribution in [0, 0.1) is 13.8 Å². The van der Waals surface area contributed by atoms with Gasteiger partial charge in [-0.3, -0.25) is 44.1 Å². The van der Waals surface area contributed by atoms with Crippen molar-refractivity contribution in [3.63, 3.8) is 0 Å². The standard InChI is InChI=1S/C44H57N15O6/c1-6-58-33(21-27(3)52-58)41(62)50-43-48-31-23-29(39(46)60)25-35(64-5)37(31)56(43)13-8-9-14-57-38-32(49-44(57)51-42(63)34-22-28(4)53-59(34)7-2)24-30(40(47)61)26-36(38)65-20-10-12-54-16-18-55(15-11-45)19-17-54/h8-9,21-26H,6-7,10-20,45H2,1-5H3,(H2,46,60)(H2,47,61)(H,48,50,62)(H,49,51,63)/b9-8+. The highest BCUT2D eigenvalue weighted by Gasteiger charge is 2.24. The minimum absolute atomic E-state index is 0.170. The number of carbonyl (C=O) groups excluding carboxylic acids is 4. The summed E-state index contributed by atoms with van der Waals surface area (Å²) < 4.78 is 18.9. The zero-order valence-corrected chi connectivity index (χ0v) is 37.5. The van der Waals surface area contributed by atoms with Gasteiger partial charge >= 0.3 is 0 Å². The molecule has 0 saturated carbocycles. The minimum Gasteiger partial charge on any atom is -0.494 e. The molecular formula is C44H57N15O6. The number of aromatic nitrogens is 8. The monoisotopic (exact) mass is 891 g/mol. The Kier molecular flexibility index (Phi) is 14.2. The van der Waals surface area contributed by atoms with Crippen LogP contribution in [-0.4, -0.2) is 132 Å². The number of hydrogen-bond donors (Lipinski definition) is 5. The quantitative estimate of drug-likeness (QED) is 0.0546. The number of nitrogens with two attached hydrogens (primary N) is 3. The Hall–Kier alpha value is -7.10. The lowest BCUT2D eigenvalue weighted by Gasteiger charge is -2.34. The lowest BCUT2D eigenvalue weighted by Crippen LogP contribution is -2.48. The van der Waals surface area contributed by atoms with E-state index < -0.39 is 23.6 Å². The molecule has 0 unspecified atom stereocenters. The molecule has 21 nitrogen and oxygen atoms in total. The number of allylic oxidation sites excluding steroid dienone is 2. The van der Waals surface area contributed by atoms with Gasteiger partial charge in [-0.1, -0.05) is 12.2 Å². The Labute approximate surface area is 375 Å². The molecule has 344 valence electrons. The number of hydrogen-bond acceptors (Lipinski definition) is 13. The molecule has 21 heteroatoms. The van der Waals surface area contributed by atoms with Gasteiger partial charge < -0.3 is 40.7 Å². The predicted octanol–water partition coefficient (Wildman–Crippen LogP) is 2.75. The molecule has 1 aliphatic rings. The number of aryl methyl sites for hydroxylation is 4. The van der Waals surface area contributed by atoms with Crippen molar-refractivity contribution in [1.29, 1.82) is 0 Å². The van der Waals surface area contributed by atoms with E-state index in [9.17, 15) is 19.2 Å². The van der Waals surface area contributed by atoms with Crippen LogP contribution in [0.15, 0.2) is 48.6 Å². The van der Waals surface area contributed by atoms with E-state index in [-0.39, 0.29) is 36.1 Å². The number of rotatable bonds is 20. The fourth-order valence-electron chi connectivity index (χ4n) is 8.08. The van der Waals surface area contributed by atoms with Crippen molar-refractivity contribution >= 4 is 57.6 Å². The molecule has 5 heterocycles. The van der Waals surface area contributed by atoms with Crippen molar-refractivity contribution in [2.24, 2.45) is 17.2 Å². The van der Waals surface area contributed by atoms with Crippen molar-refractivity contribution in [1.82, 2.24) is 48.5 Å². The highest BCUT2D eigenvalue weighted by molar-refractivity contribution is 6.05. The molecule has 8 N–H and O–H groups in total. The molecule has 65 heavy (non-hydrogen) atoms. The average molecular weight is 892 g/mol. The number of nitrogens with zero attached hydrogens (tertiary/aromatic N) is 10. The third kappa shape index (κ3) is 10.2. The molecule has 6 aromatic rings. The summed E-state index contributed by atoms with van der Waals surface area (Å²) in [7, 11) is 1.47. The van der Waals surface area contributed by atoms with E-state index in [1.165, 1.54) is 13.2 Å². The van der Waals surface area contributed by atoms with Gasteiger partial charge in [0.1, 0.15) is 33.9 Å². The highest BCUT2D eigenvalue weighted by Crippen LogP contribution is 2.33. The molecule has 0 radical (unpaired) electrons. The summed E-state index contributed by atoms with van der Waals surface area (Å²) in [5.41, 5.74) is 21.5. The molecule has 2 aromatic carbocycles. The first-order valence-electron chi connectivity index (χ1n) is 21.7. The number of benzene rings is 2. The average Bonchev–Trinajstić information content (AvgIpc) is 4.06. The molecule has 1 saturated heterocycles. The van der Waals surface area contributed by atoms with Gasteiger partial charge in [-0.05, 0) is 70.5 Å². The van der Waals surface area contributed by atoms with Gasteiger partial charge in [-0.2, -0.15) is 10.2 Å². The number of carbonyl (C=O) groups is 4. The zero-order valence-electron chi connectivity index (χ0n) is 37.5. The summed E-state index contributed by atoms with van der Waals surface area (Å²) in [4.78, 5) is 66.7. The van der Waals surface area contributed by atoms with Gasteiger partial charge in [-0.15, -0.1) is 0 Å². The van der Waals surface area contributed by atoms with Crippen molar-refractivity contribution in [3.8, 4) is 11.5 Å². The molecule has 0 spiro atoms. The number of piperazine rings is 1. The van der Waals surface area contributed by atoms with E-state index in [2.05, 4.69) is 30.6 Å². The lowest BCUT2D eigenvalue weighted by molar-refractivity contribution is 0.0991. The van der Waals surface area contributed by atoms with Crippen LogP contribution in [0.25, 0.3) is 22.1 Å². The van der Waals surface area contributed by atoms with Crippen LogP contribution in [0.1, 0.15) is 73.3 Å². The molecule has 0 atom stereocenters. The second kappa shape index (κ2) is 20.2. The highest BCUT2D eigenvalue weighted by atomic mass is 16.5. The smallest absolute Gasteiger partial charge is 0.276 e. The van der Waals surface area contributed by atoms with Gasteiger partial charge in [0.05, 0.1) is 36.1 Å². The van der Waals surface area contributed by atoms with Gasteiger partial charge in [0.25, 0.3) is 11.8 Å². The van der Waals surface area contributed by atoms with E-state index in [0.717, 1.165) is 45.7 Å². The first-order valence-corrected chi connectivity index (χ1v) is 21.7. The molecule has 1 aliphatic heterocycles. The number of methoxy groups -OCH3 is 1. The number of amides is 4. The van der Waals surface area contributed by atoms with Crippen molar-refractivity contribution < 1.29 is 28.7 Å². The van der Waals surface area contributed by atoms with Gasteiger partial charge in [0.15, 0.2) is 0 Å². The second-order valence-electron chi connectivity index (χ2n) is 15.7. The van der Waals surface area contributed by atoms with Crippen molar-refractivity contribution in [2.45, 2.75) is 60.3 Å². The van der Waals surface area contributed by atoms with Crippen LogP contribution in [0.2, 0.25) is 0 Å². The Morgan fingerprint density at radius 1 is 0.692 bits per heavy atom. The number of ether oxygens (including phenoxy) is 2. The molecule has 7 rings (SSSR count). The maximum atomic E-state index is 13.9. The number of anilines is 2. The van der Waals surface area contributed by atoms with Crippen LogP contribution in [0.3, 0.4) is 0 Å². The largest absolute Gasteiger partial charge is 0.494 e. The van der Waals surface area contributed by atoms with E-state index >= 15 is 0 Å². The predicted molar refractivity (Wildman–Crippen MR) is 245 cm³/mol. The summed E-state index contributed by atoms with van der Waals surface area (Å²) in [6, 6.07) is 9.64. The molecule has 4 aromatic heterocycles. The SMILES string of the molecule is CCn1nc(C)cc1C(=O)Nc1nc2cc(C(N)=O)cc(OC)c2n1C/C=C/Cn1c(NC(=O)c2cc(C)nn2CC)nc2cc(C(N)=O)cc(OCCCN3CCN(CCN)CC3)c21. The first-order chi connectivity index (χ1) is 31.3. The van der Waals surface area contributed by atoms with Crippen molar-refractivity contribution in [2.75, 3.05) is 70.2 Å². The zero-order chi connectivity index (χ0) is 46.4. The molecule has 4 amide bonds. The maximum Gasteiger partial charge on any atom is 0.276 e. The van der Waals surface area contributed by atoms with E-state index in [0.29, 0.717) is 82.6 Å². The number of primary amides is 2. The minimum atomic E-state index is -0.666. The van der Waals surface area contributed by atoms with Gasteiger partial charge in [0, 0.05) is 83.1 Å². The summed E-state index contributed by atoms with van der Waals surface area (Å²) in [5, 5.41) is 14.7. The van der Waals surface area contributed by atoms with Crippen LogP contribution in [0.4, 0.5) is 11.9 Å². The molecular weight excluding hydrogens is 835 g/mol. The van der Waals surface area contributed by atoms with Crippen LogP contribution in [-0.2, 0) is 26.2 Å². The fourth-order valence-corrected chi connectivity index (χ4v) is 8.08. The fraction of sp³-hybridized carbons (Fsp3) is 0.409. The van der Waals surface area contributed by atoms with Crippen LogP contribution in [0.5, 0.6) is 11.5 Å². The Morgan fingerprint density at radius 2 is 1.15 bits per heavy atom. The molecule has 1 fully saturated rings. The summed E-state index contributed by atoms with van der Waals surface area (Å²) in [5.74, 6) is -1.10. The number of nitrogens with one attached hydrogen (secondary N) is 2. The molecule has 0 bridgehead atoms. The van der Waals surface area contributed by atoms with Crippen molar-refractivity contribution in [3.05, 3.63) is 82.5 Å². The maximum absolute atomic E-state index is 13.9. The number of imidazole rings is 2. The second-order valence-corrected chi connectivity index (χ2v) is 15.7. The van der Waals surface area contributed by atoms with E-state index in [1.807, 2.05) is 32.9 Å². The third-order valence-electron chi connectivity index (χ3n) is 11.3. The van der Waals surface area contributed by atoms with E-state index in [4.69, 9.17) is 36.6 Å². The summed E-state index contributed by atoms with van der Waals surface area (Å²) >= 11 is 0. The van der Waals surface area contributed by atoms with Gasteiger partial charge in [0.2, 0.25) is 23.7 Å². The lowest BCUT2D eigenvalue weighted by atomic mass is 10.1. The Balaban J connectivity index is 1.22. The third-order valence-corrected chi connectivity index (χ3v) is 11.3. The normalized spacial score (nSPS) is 13.6. The summed E-state index contributed by atoms with van der Waals surface area (Å²) in [6.45, 7) is 15.2. The van der Waals surface area contributed by atoms with E-state index in [1.54, 1.807) is 55.8 Å². The first kappa shape index (κ1) is 45.9.